The van der Waals surface area contributed by atoms with Gasteiger partial charge in [0.05, 0.1) is 38.6 Å². The van der Waals surface area contributed by atoms with Gasteiger partial charge >= 0.3 is 0 Å². The van der Waals surface area contributed by atoms with Crippen molar-refractivity contribution in [1.29, 1.82) is 0 Å². The minimum atomic E-state index is -1.98. The molecule has 0 radical (unpaired) electrons. The van der Waals surface area contributed by atoms with E-state index in [9.17, 15) is 61.0 Å². The van der Waals surface area contributed by atoms with E-state index in [1.807, 2.05) is 6.08 Å². The summed E-state index contributed by atoms with van der Waals surface area (Å²) in [6, 6.07) is -0.983. The molecule has 0 aromatic rings. The molecule has 0 aromatic heterocycles. The number of ether oxygens (including phenoxy) is 6. The lowest BCUT2D eigenvalue weighted by Gasteiger charge is -2.48. The normalized spacial score (nSPS) is 32.2. The van der Waals surface area contributed by atoms with Gasteiger partial charge in [0.2, 0.25) is 5.91 Å². The number of unbranched alkanes of at least 4 members (excludes halogenated alkanes) is 22. The number of hydrogen-bond acceptors (Lipinski definition) is 18. The number of allylic oxidation sites excluding steroid dienone is 3. The van der Waals surface area contributed by atoms with Gasteiger partial charge in [0.25, 0.3) is 0 Å². The van der Waals surface area contributed by atoms with Crippen LogP contribution in [0.3, 0.4) is 0 Å². The fraction of sp³-hybridized carbons (Fsp3) is 0.906. The molecule has 12 N–H and O–H groups in total. The smallest absolute Gasteiger partial charge is 0.220 e. The van der Waals surface area contributed by atoms with Gasteiger partial charge in [0, 0.05) is 6.42 Å². The van der Waals surface area contributed by atoms with Gasteiger partial charge in [-0.2, -0.15) is 0 Å². The molecule has 422 valence electrons. The van der Waals surface area contributed by atoms with E-state index < -0.39 is 124 Å². The second-order valence-corrected chi connectivity index (χ2v) is 20.0. The summed E-state index contributed by atoms with van der Waals surface area (Å²) in [5.74, 6) is -0.374. The van der Waals surface area contributed by atoms with E-state index >= 15 is 0 Å². The second-order valence-electron chi connectivity index (χ2n) is 20.0. The molecule has 3 aliphatic rings. The molecule has 1 amide bonds. The zero-order valence-electron chi connectivity index (χ0n) is 43.4. The van der Waals surface area contributed by atoms with Crippen molar-refractivity contribution >= 4 is 5.91 Å². The standard InChI is InChI=1S/C53H97NO18/c1-3-5-6-7-8-9-10-11-12-13-14-15-16-17-18-19-20-21-22-23-24-25-26-27-28-29-30-31-37(58)36(54-41(59)4-2)35-67-51-47(65)44(62)49(39(33-56)69-51)72-53-48(66)45(63)50(40(34-57)70-53)71-52-46(64)43(61)42(60)38(32-55)68-52/h26-27,30-31,36-40,42-53,55-58,60-66H,3-25,28-29,32-35H2,1-2H3,(H,54,59)/b27-26+,31-30+. The third-order valence-electron chi connectivity index (χ3n) is 14.1. The van der Waals surface area contributed by atoms with Gasteiger partial charge in [-0.15, -0.1) is 0 Å². The summed E-state index contributed by atoms with van der Waals surface area (Å²) in [6.45, 7) is 1.12. The molecule has 0 saturated carbocycles. The lowest BCUT2D eigenvalue weighted by atomic mass is 9.96. The number of amides is 1. The topological polar surface area (TPSA) is 307 Å². The Kier molecular flexibility index (Phi) is 34.0. The first-order valence-corrected chi connectivity index (χ1v) is 27.6. The van der Waals surface area contributed by atoms with Crippen LogP contribution in [0.4, 0.5) is 0 Å². The molecule has 19 nitrogen and oxygen atoms in total. The van der Waals surface area contributed by atoms with Gasteiger partial charge in [0.15, 0.2) is 18.9 Å². The monoisotopic (exact) mass is 1040 g/mol. The Hall–Kier alpha value is -1.73. The number of nitrogens with one attached hydrogen (secondary N) is 1. The molecular weight excluding hydrogens is 939 g/mol. The Labute approximate surface area is 428 Å². The van der Waals surface area contributed by atoms with E-state index in [-0.39, 0.29) is 18.9 Å². The minimum absolute atomic E-state index is 0.117. The fourth-order valence-electron chi connectivity index (χ4n) is 9.41. The summed E-state index contributed by atoms with van der Waals surface area (Å²) in [5.41, 5.74) is 0. The number of hydrogen-bond donors (Lipinski definition) is 12. The third-order valence-corrected chi connectivity index (χ3v) is 14.1. The molecule has 17 atom stereocenters. The van der Waals surface area contributed by atoms with Gasteiger partial charge in [-0.1, -0.05) is 167 Å². The first kappa shape index (κ1) is 64.6. The van der Waals surface area contributed by atoms with E-state index in [1.54, 1.807) is 13.0 Å². The molecule has 3 saturated heterocycles. The summed E-state index contributed by atoms with van der Waals surface area (Å²) in [7, 11) is 0. The molecule has 3 heterocycles. The molecule has 3 aliphatic heterocycles. The van der Waals surface area contributed by atoms with E-state index in [1.165, 1.54) is 128 Å². The highest BCUT2D eigenvalue weighted by molar-refractivity contribution is 5.75. The van der Waals surface area contributed by atoms with Crippen LogP contribution in [0.2, 0.25) is 0 Å². The van der Waals surface area contributed by atoms with Crippen LogP contribution in [0.15, 0.2) is 24.3 Å². The lowest BCUT2D eigenvalue weighted by Crippen LogP contribution is -2.66. The Balaban J connectivity index is 1.32. The summed E-state index contributed by atoms with van der Waals surface area (Å²) in [5, 5.41) is 118. The molecule has 0 aliphatic carbocycles. The van der Waals surface area contributed by atoms with Crippen molar-refractivity contribution in [3.63, 3.8) is 0 Å². The van der Waals surface area contributed by atoms with Crippen molar-refractivity contribution < 1.29 is 89.4 Å². The van der Waals surface area contributed by atoms with Crippen LogP contribution < -0.4 is 5.32 Å². The van der Waals surface area contributed by atoms with Crippen LogP contribution in [0.25, 0.3) is 0 Å². The maximum atomic E-state index is 12.4. The molecule has 0 bridgehead atoms. The van der Waals surface area contributed by atoms with Crippen molar-refractivity contribution in [2.24, 2.45) is 0 Å². The van der Waals surface area contributed by atoms with Crippen LogP contribution in [0.1, 0.15) is 174 Å². The molecular formula is C53H97NO18. The maximum Gasteiger partial charge on any atom is 0.220 e. The van der Waals surface area contributed by atoms with Gasteiger partial charge in [-0.25, -0.2) is 0 Å². The highest BCUT2D eigenvalue weighted by Crippen LogP contribution is 2.33. The van der Waals surface area contributed by atoms with E-state index in [0.717, 1.165) is 19.3 Å². The predicted octanol–water partition coefficient (Wildman–Crippen LogP) is 3.20. The average Bonchev–Trinajstić information content (AvgIpc) is 3.38. The molecule has 19 heteroatoms. The van der Waals surface area contributed by atoms with Crippen molar-refractivity contribution in [3.8, 4) is 0 Å². The van der Waals surface area contributed by atoms with Gasteiger partial charge in [-0.05, 0) is 25.7 Å². The largest absolute Gasteiger partial charge is 0.394 e. The van der Waals surface area contributed by atoms with E-state index in [4.69, 9.17) is 28.4 Å². The number of aliphatic hydroxyl groups is 11. The van der Waals surface area contributed by atoms with Crippen LogP contribution in [0.5, 0.6) is 0 Å². The molecule has 3 rings (SSSR count). The molecule has 72 heavy (non-hydrogen) atoms. The number of rotatable bonds is 39. The van der Waals surface area contributed by atoms with Crippen molar-refractivity contribution in [3.05, 3.63) is 24.3 Å². The van der Waals surface area contributed by atoms with Crippen LogP contribution >= 0.6 is 0 Å². The number of aliphatic hydroxyl groups excluding tert-OH is 11. The van der Waals surface area contributed by atoms with Crippen molar-refractivity contribution in [2.75, 3.05) is 26.4 Å². The number of carbonyl (C=O) groups is 1. The Morgan fingerprint density at radius 1 is 0.486 bits per heavy atom. The summed E-state index contributed by atoms with van der Waals surface area (Å²) < 4.78 is 33.7. The quantitative estimate of drug-likeness (QED) is 0.0311. The zero-order chi connectivity index (χ0) is 52.7. The first-order chi connectivity index (χ1) is 34.8. The SMILES string of the molecule is CCCCCCCCCCCCCCCCCCCCCCC/C=C/CC/C=C/C(O)C(COC1OC(CO)C(OC2OC(CO)C(OC3OC(CO)C(O)C(O)C3O)C(O)C2O)C(O)C1O)NC(=O)CC. The van der Waals surface area contributed by atoms with Gasteiger partial charge in [-0.3, -0.25) is 4.79 Å². The molecule has 0 aromatic carbocycles. The molecule has 17 unspecified atom stereocenters. The Bertz CT molecular complexity index is 1430. The predicted molar refractivity (Wildman–Crippen MR) is 268 cm³/mol. The fourth-order valence-corrected chi connectivity index (χ4v) is 9.41. The van der Waals surface area contributed by atoms with Gasteiger partial charge < -0.3 is 89.9 Å². The zero-order valence-corrected chi connectivity index (χ0v) is 43.4. The van der Waals surface area contributed by atoms with E-state index in [2.05, 4.69) is 24.4 Å². The van der Waals surface area contributed by atoms with E-state index in [0.29, 0.717) is 6.42 Å². The van der Waals surface area contributed by atoms with Crippen LogP contribution in [-0.4, -0.2) is 193 Å². The molecule has 0 spiro atoms. The highest BCUT2D eigenvalue weighted by atomic mass is 16.8. The average molecular weight is 1040 g/mol. The highest BCUT2D eigenvalue weighted by Gasteiger charge is 2.53. The minimum Gasteiger partial charge on any atom is -0.394 e. The number of carbonyl (C=O) groups excluding carboxylic acids is 1. The van der Waals surface area contributed by atoms with Crippen molar-refractivity contribution in [1.82, 2.24) is 5.32 Å². The van der Waals surface area contributed by atoms with Crippen LogP contribution in [0, 0.1) is 0 Å². The van der Waals surface area contributed by atoms with Gasteiger partial charge in [0.1, 0.15) is 73.2 Å². The summed E-state index contributed by atoms with van der Waals surface area (Å²) in [4.78, 5) is 12.4. The third kappa shape index (κ3) is 22.9. The second kappa shape index (κ2) is 37.9. The Morgan fingerprint density at radius 2 is 0.875 bits per heavy atom. The van der Waals surface area contributed by atoms with Crippen LogP contribution in [-0.2, 0) is 33.2 Å². The maximum absolute atomic E-state index is 12.4. The summed E-state index contributed by atoms with van der Waals surface area (Å²) >= 11 is 0. The lowest BCUT2D eigenvalue weighted by molar-refractivity contribution is -0.379. The summed E-state index contributed by atoms with van der Waals surface area (Å²) in [6.07, 6.45) is 12.0. The van der Waals surface area contributed by atoms with Crippen molar-refractivity contribution in [2.45, 2.75) is 279 Å². The molecule has 3 fully saturated rings. The Morgan fingerprint density at radius 3 is 1.33 bits per heavy atom. The first-order valence-electron chi connectivity index (χ1n) is 27.6.